The van der Waals surface area contributed by atoms with Crippen LogP contribution < -0.4 is 5.43 Å². The van der Waals surface area contributed by atoms with E-state index in [1.807, 2.05) is 6.92 Å². The number of nitro benzene ring substituents is 1. The van der Waals surface area contributed by atoms with Crippen molar-refractivity contribution in [1.82, 2.24) is 5.43 Å². The van der Waals surface area contributed by atoms with Gasteiger partial charge in [0.1, 0.15) is 0 Å². The number of rotatable bonds is 5. The number of hydrazone groups is 1. The SMILES string of the molecule is C/C=C/C=N/NC(=O)Cc1ccc([N+](=O)[O-])cc1. The fraction of sp³-hybridized carbons (Fsp3) is 0.167. The number of hydrogen-bond acceptors (Lipinski definition) is 4. The molecule has 0 aliphatic carbocycles. The molecule has 0 saturated carbocycles. The number of non-ortho nitro benzene ring substituents is 1. The van der Waals surface area contributed by atoms with Gasteiger partial charge >= 0.3 is 0 Å². The zero-order chi connectivity index (χ0) is 13.4. The summed E-state index contributed by atoms with van der Waals surface area (Å²) in [4.78, 5) is 21.4. The van der Waals surface area contributed by atoms with Crippen LogP contribution in [0.2, 0.25) is 0 Å². The molecule has 0 aromatic heterocycles. The van der Waals surface area contributed by atoms with Gasteiger partial charge in [-0.05, 0) is 18.6 Å². The Kier molecular flexibility index (Phi) is 5.24. The van der Waals surface area contributed by atoms with Crippen LogP contribution in [0.3, 0.4) is 0 Å². The van der Waals surface area contributed by atoms with Gasteiger partial charge in [-0.2, -0.15) is 5.10 Å². The number of amides is 1. The fourth-order valence-corrected chi connectivity index (χ4v) is 1.20. The molecule has 0 fully saturated rings. The molecule has 0 aliphatic heterocycles. The lowest BCUT2D eigenvalue weighted by molar-refractivity contribution is -0.384. The Morgan fingerprint density at radius 3 is 2.67 bits per heavy atom. The summed E-state index contributed by atoms with van der Waals surface area (Å²) in [7, 11) is 0. The van der Waals surface area contributed by atoms with E-state index in [0.29, 0.717) is 5.56 Å². The summed E-state index contributed by atoms with van der Waals surface area (Å²) >= 11 is 0. The van der Waals surface area contributed by atoms with Crippen molar-refractivity contribution in [3.05, 3.63) is 52.1 Å². The lowest BCUT2D eigenvalue weighted by Gasteiger charge is -1.99. The van der Waals surface area contributed by atoms with Crippen molar-refractivity contribution in [3.63, 3.8) is 0 Å². The molecular weight excluding hydrogens is 234 g/mol. The molecule has 0 saturated heterocycles. The largest absolute Gasteiger partial charge is 0.273 e. The lowest BCUT2D eigenvalue weighted by Crippen LogP contribution is -2.19. The Morgan fingerprint density at radius 1 is 1.44 bits per heavy atom. The second kappa shape index (κ2) is 6.95. The molecule has 94 valence electrons. The summed E-state index contributed by atoms with van der Waals surface area (Å²) in [6.07, 6.45) is 5.07. The topological polar surface area (TPSA) is 84.6 Å². The second-order valence-corrected chi connectivity index (χ2v) is 3.44. The van der Waals surface area contributed by atoms with Gasteiger partial charge in [-0.15, -0.1) is 0 Å². The van der Waals surface area contributed by atoms with E-state index in [4.69, 9.17) is 0 Å². The molecule has 1 aromatic rings. The molecule has 0 bridgehead atoms. The van der Waals surface area contributed by atoms with E-state index >= 15 is 0 Å². The zero-order valence-electron chi connectivity index (χ0n) is 9.87. The standard InChI is InChI=1S/C12H13N3O3/c1-2-3-8-13-14-12(16)9-10-4-6-11(7-5-10)15(17)18/h2-8H,9H2,1H3,(H,14,16)/b3-2+,13-8+. The smallest absolute Gasteiger partial charge is 0.269 e. The van der Waals surface area contributed by atoms with E-state index in [2.05, 4.69) is 10.5 Å². The number of nitro groups is 1. The monoisotopic (exact) mass is 247 g/mol. The van der Waals surface area contributed by atoms with E-state index in [-0.39, 0.29) is 18.0 Å². The normalized spacial score (nSPS) is 10.9. The molecule has 1 rings (SSSR count). The van der Waals surface area contributed by atoms with Gasteiger partial charge in [-0.25, -0.2) is 5.43 Å². The highest BCUT2D eigenvalue weighted by Gasteiger charge is 2.06. The average molecular weight is 247 g/mol. The van der Waals surface area contributed by atoms with Gasteiger partial charge in [-0.1, -0.05) is 18.2 Å². The van der Waals surface area contributed by atoms with Crippen LogP contribution in [0, 0.1) is 10.1 Å². The van der Waals surface area contributed by atoms with E-state index in [1.165, 1.54) is 18.3 Å². The van der Waals surface area contributed by atoms with Gasteiger partial charge in [0.05, 0.1) is 11.3 Å². The van der Waals surface area contributed by atoms with Crippen LogP contribution in [0.15, 0.2) is 41.5 Å². The molecular formula is C12H13N3O3. The highest BCUT2D eigenvalue weighted by Crippen LogP contribution is 2.12. The Labute approximate surface area is 104 Å². The van der Waals surface area contributed by atoms with Crippen molar-refractivity contribution in [2.45, 2.75) is 13.3 Å². The minimum absolute atomic E-state index is 0.00487. The summed E-state index contributed by atoms with van der Waals surface area (Å²) in [5.74, 6) is -0.274. The molecule has 0 spiro atoms. The van der Waals surface area contributed by atoms with Crippen LogP contribution in [0.25, 0.3) is 0 Å². The first-order chi connectivity index (χ1) is 8.63. The van der Waals surface area contributed by atoms with E-state index in [0.717, 1.165) is 0 Å². The molecule has 0 heterocycles. The number of nitrogens with zero attached hydrogens (tertiary/aromatic N) is 2. The zero-order valence-corrected chi connectivity index (χ0v) is 9.87. The van der Waals surface area contributed by atoms with E-state index < -0.39 is 4.92 Å². The maximum atomic E-state index is 11.4. The molecule has 0 unspecified atom stereocenters. The van der Waals surface area contributed by atoms with Gasteiger partial charge in [0, 0.05) is 18.3 Å². The molecule has 0 atom stereocenters. The highest BCUT2D eigenvalue weighted by atomic mass is 16.6. The van der Waals surface area contributed by atoms with Crippen LogP contribution in [-0.2, 0) is 11.2 Å². The number of allylic oxidation sites excluding steroid dienone is 2. The molecule has 6 heteroatoms. The summed E-state index contributed by atoms with van der Waals surface area (Å²) < 4.78 is 0. The Balaban J connectivity index is 2.52. The molecule has 0 radical (unpaired) electrons. The predicted octanol–water partition coefficient (Wildman–Crippen LogP) is 1.82. The van der Waals surface area contributed by atoms with Crippen molar-refractivity contribution < 1.29 is 9.72 Å². The molecule has 6 nitrogen and oxygen atoms in total. The Hall–Kier alpha value is -2.50. The third-order valence-corrected chi connectivity index (χ3v) is 2.05. The number of carbonyl (C=O) groups is 1. The molecule has 1 N–H and O–H groups in total. The maximum absolute atomic E-state index is 11.4. The molecule has 1 amide bonds. The Morgan fingerprint density at radius 2 is 2.11 bits per heavy atom. The first-order valence-electron chi connectivity index (χ1n) is 5.30. The number of nitrogens with one attached hydrogen (secondary N) is 1. The van der Waals surface area contributed by atoms with E-state index in [1.54, 1.807) is 24.3 Å². The third-order valence-electron chi connectivity index (χ3n) is 2.05. The minimum Gasteiger partial charge on any atom is -0.273 e. The summed E-state index contributed by atoms with van der Waals surface area (Å²) in [5, 5.41) is 14.1. The molecule has 18 heavy (non-hydrogen) atoms. The van der Waals surface area contributed by atoms with Crippen molar-refractivity contribution >= 4 is 17.8 Å². The summed E-state index contributed by atoms with van der Waals surface area (Å²) in [6, 6.07) is 5.83. The van der Waals surface area contributed by atoms with Gasteiger partial charge in [0.15, 0.2) is 0 Å². The van der Waals surface area contributed by atoms with Gasteiger partial charge in [-0.3, -0.25) is 14.9 Å². The lowest BCUT2D eigenvalue weighted by atomic mass is 10.1. The Bertz CT molecular complexity index is 478. The maximum Gasteiger partial charge on any atom is 0.269 e. The van der Waals surface area contributed by atoms with Crippen molar-refractivity contribution in [2.24, 2.45) is 5.10 Å². The predicted molar refractivity (Wildman–Crippen MR) is 68.2 cm³/mol. The average Bonchev–Trinajstić information content (AvgIpc) is 2.35. The van der Waals surface area contributed by atoms with E-state index in [9.17, 15) is 14.9 Å². The second-order valence-electron chi connectivity index (χ2n) is 3.44. The van der Waals surface area contributed by atoms with Crippen molar-refractivity contribution in [2.75, 3.05) is 0 Å². The quantitative estimate of drug-likeness (QED) is 0.489. The van der Waals surface area contributed by atoms with Crippen molar-refractivity contribution in [1.29, 1.82) is 0 Å². The van der Waals surface area contributed by atoms with Crippen LogP contribution in [-0.4, -0.2) is 17.0 Å². The minimum atomic E-state index is -0.481. The first kappa shape index (κ1) is 13.6. The van der Waals surface area contributed by atoms with Gasteiger partial charge in [0.25, 0.3) is 5.69 Å². The number of carbonyl (C=O) groups excluding carboxylic acids is 1. The molecule has 1 aromatic carbocycles. The summed E-state index contributed by atoms with van der Waals surface area (Å²) in [6.45, 7) is 1.84. The van der Waals surface area contributed by atoms with Gasteiger partial charge in [0.2, 0.25) is 5.91 Å². The first-order valence-corrected chi connectivity index (χ1v) is 5.30. The van der Waals surface area contributed by atoms with Crippen LogP contribution in [0.1, 0.15) is 12.5 Å². The highest BCUT2D eigenvalue weighted by molar-refractivity contribution is 5.80. The fourth-order valence-electron chi connectivity index (χ4n) is 1.20. The molecule has 0 aliphatic rings. The summed E-state index contributed by atoms with van der Waals surface area (Å²) in [5.41, 5.74) is 3.05. The third kappa shape index (κ3) is 4.56. The number of hydrogen-bond donors (Lipinski definition) is 1. The van der Waals surface area contributed by atoms with Crippen LogP contribution >= 0.6 is 0 Å². The van der Waals surface area contributed by atoms with Crippen LogP contribution in [0.5, 0.6) is 0 Å². The van der Waals surface area contributed by atoms with Crippen molar-refractivity contribution in [3.8, 4) is 0 Å². The van der Waals surface area contributed by atoms with Gasteiger partial charge < -0.3 is 0 Å². The number of benzene rings is 1. The van der Waals surface area contributed by atoms with Crippen LogP contribution in [0.4, 0.5) is 5.69 Å².